The van der Waals surface area contributed by atoms with Crippen LogP contribution in [0.25, 0.3) is 0 Å². The highest BCUT2D eigenvalue weighted by Gasteiger charge is 2.23. The summed E-state index contributed by atoms with van der Waals surface area (Å²) in [5, 5.41) is 11.9. The van der Waals surface area contributed by atoms with Gasteiger partial charge in [-0.3, -0.25) is 4.79 Å². The van der Waals surface area contributed by atoms with Crippen LogP contribution in [0.15, 0.2) is 48.5 Å². The highest BCUT2D eigenvalue weighted by Crippen LogP contribution is 2.31. The van der Waals surface area contributed by atoms with E-state index >= 15 is 0 Å². The van der Waals surface area contributed by atoms with E-state index in [1.165, 1.54) is 0 Å². The van der Waals surface area contributed by atoms with E-state index in [0.29, 0.717) is 17.7 Å². The van der Waals surface area contributed by atoms with Crippen molar-refractivity contribution in [1.82, 2.24) is 5.32 Å². The first-order valence-corrected chi connectivity index (χ1v) is 6.80. The zero-order chi connectivity index (χ0) is 14.7. The average molecular weight is 278 g/mol. The molecule has 104 valence electrons. The van der Waals surface area contributed by atoms with Gasteiger partial charge in [-0.25, -0.2) is 0 Å². The molecule has 0 aromatic heterocycles. The Morgan fingerprint density at radius 3 is 2.95 bits per heavy atom. The molecule has 4 nitrogen and oxygen atoms in total. The topological polar surface area (TPSA) is 62.1 Å². The lowest BCUT2D eigenvalue weighted by molar-refractivity contribution is 0.0925. The fourth-order valence-corrected chi connectivity index (χ4v) is 2.46. The molecule has 0 aliphatic carbocycles. The van der Waals surface area contributed by atoms with Crippen LogP contribution in [0.3, 0.4) is 0 Å². The second-order valence-corrected chi connectivity index (χ2v) is 4.89. The maximum atomic E-state index is 12.3. The van der Waals surface area contributed by atoms with Gasteiger partial charge >= 0.3 is 0 Å². The van der Waals surface area contributed by atoms with E-state index in [-0.39, 0.29) is 11.9 Å². The highest BCUT2D eigenvalue weighted by atomic mass is 16.5. The number of nitrogens with one attached hydrogen (secondary N) is 1. The fraction of sp³-hybridized carbons (Fsp3) is 0.176. The number of hydrogen-bond acceptors (Lipinski definition) is 3. The van der Waals surface area contributed by atoms with Gasteiger partial charge in [0.15, 0.2) is 0 Å². The number of hydrogen-bond donors (Lipinski definition) is 1. The van der Waals surface area contributed by atoms with Crippen molar-refractivity contribution in [3.63, 3.8) is 0 Å². The van der Waals surface area contributed by atoms with E-state index in [1.807, 2.05) is 30.3 Å². The molecule has 1 aliphatic heterocycles. The number of amides is 1. The summed E-state index contributed by atoms with van der Waals surface area (Å²) in [6, 6.07) is 16.4. The molecule has 1 N–H and O–H groups in total. The first kappa shape index (κ1) is 13.2. The van der Waals surface area contributed by atoms with E-state index in [2.05, 4.69) is 5.32 Å². The van der Waals surface area contributed by atoms with Crippen molar-refractivity contribution < 1.29 is 9.53 Å². The number of nitriles is 1. The summed E-state index contributed by atoms with van der Waals surface area (Å²) in [5.41, 5.74) is 1.97. The van der Waals surface area contributed by atoms with Gasteiger partial charge in [-0.1, -0.05) is 24.3 Å². The van der Waals surface area contributed by atoms with Crippen molar-refractivity contribution in [3.8, 4) is 11.8 Å². The number of fused-ring (bicyclic) bond motifs is 1. The summed E-state index contributed by atoms with van der Waals surface area (Å²) < 4.78 is 5.58. The Hall–Kier alpha value is -2.80. The summed E-state index contributed by atoms with van der Waals surface area (Å²) in [6.07, 6.45) is 0.737. The molecule has 0 bridgehead atoms. The minimum absolute atomic E-state index is 0.0619. The van der Waals surface area contributed by atoms with Crippen molar-refractivity contribution >= 4 is 5.91 Å². The highest BCUT2D eigenvalue weighted by molar-refractivity contribution is 5.94. The van der Waals surface area contributed by atoms with E-state index < -0.39 is 0 Å². The molecule has 4 heteroatoms. The Morgan fingerprint density at radius 2 is 2.10 bits per heavy atom. The summed E-state index contributed by atoms with van der Waals surface area (Å²) in [5.74, 6) is 0.647. The predicted molar refractivity (Wildman–Crippen MR) is 77.9 cm³/mol. The predicted octanol–water partition coefficient (Wildman–Crippen LogP) is 2.81. The molecule has 2 aromatic carbocycles. The fourth-order valence-electron chi connectivity index (χ4n) is 2.46. The van der Waals surface area contributed by atoms with Gasteiger partial charge in [-0.05, 0) is 24.3 Å². The molecular formula is C17H14N2O2. The molecule has 0 radical (unpaired) electrons. The summed E-state index contributed by atoms with van der Waals surface area (Å²) >= 11 is 0. The van der Waals surface area contributed by atoms with E-state index in [0.717, 1.165) is 17.7 Å². The lowest BCUT2D eigenvalue weighted by Gasteiger charge is -2.26. The maximum Gasteiger partial charge on any atom is 0.251 e. The smallest absolute Gasteiger partial charge is 0.251 e. The number of carbonyl (C=O) groups is 1. The van der Waals surface area contributed by atoms with Crippen molar-refractivity contribution in [2.45, 2.75) is 12.5 Å². The monoisotopic (exact) mass is 278 g/mol. The number of benzene rings is 2. The van der Waals surface area contributed by atoms with E-state index in [9.17, 15) is 4.79 Å². The first-order valence-electron chi connectivity index (χ1n) is 6.80. The Balaban J connectivity index is 1.81. The molecular weight excluding hydrogens is 264 g/mol. The largest absolute Gasteiger partial charge is 0.493 e. The molecule has 0 unspecified atom stereocenters. The molecule has 1 heterocycles. The Kier molecular flexibility index (Phi) is 3.57. The minimum atomic E-state index is -0.172. The van der Waals surface area contributed by atoms with Crippen LogP contribution in [0, 0.1) is 11.3 Å². The van der Waals surface area contributed by atoms with Crippen LogP contribution >= 0.6 is 0 Å². The minimum Gasteiger partial charge on any atom is -0.493 e. The molecule has 2 aromatic rings. The third kappa shape index (κ3) is 2.72. The van der Waals surface area contributed by atoms with Gasteiger partial charge in [0.05, 0.1) is 24.3 Å². The Labute approximate surface area is 123 Å². The lowest BCUT2D eigenvalue weighted by atomic mass is 10.00. The van der Waals surface area contributed by atoms with Crippen LogP contribution in [0.2, 0.25) is 0 Å². The molecule has 1 atom stereocenters. The van der Waals surface area contributed by atoms with Crippen LogP contribution in [0.5, 0.6) is 5.75 Å². The van der Waals surface area contributed by atoms with Gasteiger partial charge < -0.3 is 10.1 Å². The Morgan fingerprint density at radius 1 is 1.24 bits per heavy atom. The summed E-state index contributed by atoms with van der Waals surface area (Å²) in [4.78, 5) is 12.3. The molecule has 3 rings (SSSR count). The van der Waals surface area contributed by atoms with Gasteiger partial charge in [0.2, 0.25) is 0 Å². The molecule has 0 saturated heterocycles. The van der Waals surface area contributed by atoms with Crippen LogP contribution in [0.1, 0.15) is 33.9 Å². The van der Waals surface area contributed by atoms with E-state index in [4.69, 9.17) is 10.00 Å². The standard InChI is InChI=1S/C17H14N2O2/c18-11-12-4-3-5-13(10-12)17(20)19-15-8-9-21-16-7-2-1-6-14(15)16/h1-7,10,15H,8-9H2,(H,19,20)/t15-/m0/s1. The van der Waals surface area contributed by atoms with Crippen molar-refractivity contribution in [1.29, 1.82) is 5.26 Å². The number of carbonyl (C=O) groups excluding carboxylic acids is 1. The number of ether oxygens (including phenoxy) is 1. The van der Waals surface area contributed by atoms with Gasteiger partial charge in [0, 0.05) is 17.5 Å². The lowest BCUT2D eigenvalue weighted by Crippen LogP contribution is -2.32. The van der Waals surface area contributed by atoms with Gasteiger partial charge in [0.25, 0.3) is 5.91 Å². The Bertz CT molecular complexity index is 719. The van der Waals surface area contributed by atoms with Crippen molar-refractivity contribution in [2.24, 2.45) is 0 Å². The van der Waals surface area contributed by atoms with Crippen LogP contribution in [-0.2, 0) is 0 Å². The van der Waals surface area contributed by atoms with E-state index in [1.54, 1.807) is 24.3 Å². The summed E-state index contributed by atoms with van der Waals surface area (Å²) in [7, 11) is 0. The molecule has 0 fully saturated rings. The van der Waals surface area contributed by atoms with Crippen molar-refractivity contribution in [2.75, 3.05) is 6.61 Å². The SMILES string of the molecule is N#Cc1cccc(C(=O)N[C@H]2CCOc3ccccc32)c1. The van der Waals surface area contributed by atoms with Crippen LogP contribution in [0.4, 0.5) is 0 Å². The van der Waals surface area contributed by atoms with Crippen molar-refractivity contribution in [3.05, 3.63) is 65.2 Å². The molecule has 1 amide bonds. The average Bonchev–Trinajstić information content (AvgIpc) is 2.55. The second kappa shape index (κ2) is 5.68. The summed E-state index contributed by atoms with van der Waals surface area (Å²) in [6.45, 7) is 0.584. The molecule has 1 aliphatic rings. The zero-order valence-corrected chi connectivity index (χ0v) is 11.4. The molecule has 0 spiro atoms. The van der Waals surface area contributed by atoms with Gasteiger partial charge in [0.1, 0.15) is 5.75 Å². The number of nitrogens with zero attached hydrogens (tertiary/aromatic N) is 1. The second-order valence-electron chi connectivity index (χ2n) is 4.89. The number of para-hydroxylation sites is 1. The third-order valence-electron chi connectivity index (χ3n) is 3.52. The molecule has 21 heavy (non-hydrogen) atoms. The van der Waals surface area contributed by atoms with Crippen LogP contribution < -0.4 is 10.1 Å². The first-order chi connectivity index (χ1) is 10.3. The maximum absolute atomic E-state index is 12.3. The van der Waals surface area contributed by atoms with Crippen LogP contribution in [-0.4, -0.2) is 12.5 Å². The normalized spacial score (nSPS) is 16.2. The molecule has 0 saturated carbocycles. The zero-order valence-electron chi connectivity index (χ0n) is 11.4. The third-order valence-corrected chi connectivity index (χ3v) is 3.52. The number of rotatable bonds is 2. The van der Waals surface area contributed by atoms with Gasteiger partial charge in [-0.2, -0.15) is 5.26 Å². The van der Waals surface area contributed by atoms with Gasteiger partial charge in [-0.15, -0.1) is 0 Å². The quantitative estimate of drug-likeness (QED) is 0.918.